The number of carbonyl (C=O) groups is 1. The number of carbonyl (C=O) groups excluding carboxylic acids is 1. The van der Waals surface area contributed by atoms with Crippen molar-refractivity contribution in [2.45, 2.75) is 12.5 Å². The molecule has 1 aliphatic rings. The zero-order valence-corrected chi connectivity index (χ0v) is 15.2. The minimum Gasteiger partial charge on any atom is -0.370 e. The minimum absolute atomic E-state index is 0.00945. The van der Waals surface area contributed by atoms with Crippen LogP contribution in [0.15, 0.2) is 66.0 Å². The molecule has 0 bridgehead atoms. The summed E-state index contributed by atoms with van der Waals surface area (Å²) in [6, 6.07) is 20.3. The van der Waals surface area contributed by atoms with Gasteiger partial charge in [-0.2, -0.15) is 0 Å². The number of morpholine rings is 1. The Kier molecular flexibility index (Phi) is 5.09. The number of amides is 1. The van der Waals surface area contributed by atoms with Crippen LogP contribution in [0.1, 0.15) is 32.7 Å². The van der Waals surface area contributed by atoms with Gasteiger partial charge in [-0.25, -0.2) is 4.98 Å². The summed E-state index contributed by atoms with van der Waals surface area (Å²) in [7, 11) is 0. The van der Waals surface area contributed by atoms with E-state index in [1.807, 2.05) is 58.8 Å². The van der Waals surface area contributed by atoms with Gasteiger partial charge < -0.3 is 9.64 Å². The summed E-state index contributed by atoms with van der Waals surface area (Å²) in [5, 5.41) is 2.83. The van der Waals surface area contributed by atoms with Gasteiger partial charge in [0.1, 0.15) is 11.8 Å². The van der Waals surface area contributed by atoms with Gasteiger partial charge in [0.2, 0.25) is 0 Å². The average Bonchev–Trinajstić information content (AvgIpc) is 3.17. The van der Waals surface area contributed by atoms with E-state index in [0.29, 0.717) is 25.4 Å². The van der Waals surface area contributed by atoms with E-state index >= 15 is 0 Å². The first-order valence-electron chi connectivity index (χ1n) is 8.74. The molecule has 4 nitrogen and oxygen atoms in total. The third-order valence-corrected chi connectivity index (χ3v) is 5.34. The maximum atomic E-state index is 12.9. The first-order valence-corrected chi connectivity index (χ1v) is 9.62. The van der Waals surface area contributed by atoms with Crippen molar-refractivity contribution in [2.24, 2.45) is 0 Å². The van der Waals surface area contributed by atoms with E-state index in [1.54, 1.807) is 11.3 Å². The highest BCUT2D eigenvalue weighted by molar-refractivity contribution is 7.09. The van der Waals surface area contributed by atoms with E-state index < -0.39 is 0 Å². The number of aromatic nitrogens is 1. The summed E-state index contributed by atoms with van der Waals surface area (Å²) in [5.41, 5.74) is 2.85. The molecule has 2 aromatic carbocycles. The quantitative estimate of drug-likeness (QED) is 0.704. The summed E-state index contributed by atoms with van der Waals surface area (Å²) in [5.74, 6) is -0.00945. The number of hydrogen-bond donors (Lipinski definition) is 0. The summed E-state index contributed by atoms with van der Waals surface area (Å²) in [6.07, 6.45) is 0.686. The Morgan fingerprint density at radius 2 is 1.85 bits per heavy atom. The monoisotopic (exact) mass is 364 g/mol. The third kappa shape index (κ3) is 3.84. The van der Waals surface area contributed by atoms with Crippen LogP contribution in [0.2, 0.25) is 0 Å². The molecular formula is C21H20N2O2S. The Hall–Kier alpha value is -2.50. The van der Waals surface area contributed by atoms with Gasteiger partial charge in [-0.15, -0.1) is 11.3 Å². The summed E-state index contributed by atoms with van der Waals surface area (Å²) < 4.78 is 5.85. The Labute approximate surface area is 157 Å². The van der Waals surface area contributed by atoms with Crippen molar-refractivity contribution in [3.8, 4) is 0 Å². The van der Waals surface area contributed by atoms with Crippen LogP contribution in [-0.2, 0) is 11.2 Å². The number of rotatable bonds is 4. The SMILES string of the molecule is O=C(c1csc(Cc2ccccc2)n1)N1CCOC(c2ccccc2)C1. The van der Waals surface area contributed by atoms with Crippen LogP contribution >= 0.6 is 11.3 Å². The van der Waals surface area contributed by atoms with Gasteiger partial charge in [0.25, 0.3) is 5.91 Å². The first-order chi connectivity index (χ1) is 12.8. The predicted octanol–water partition coefficient (Wildman–Crippen LogP) is 3.95. The van der Waals surface area contributed by atoms with E-state index in [9.17, 15) is 4.79 Å². The van der Waals surface area contributed by atoms with E-state index in [0.717, 1.165) is 17.0 Å². The molecule has 0 radical (unpaired) electrons. The number of benzene rings is 2. The predicted molar refractivity (Wildman–Crippen MR) is 102 cm³/mol. The maximum Gasteiger partial charge on any atom is 0.273 e. The van der Waals surface area contributed by atoms with E-state index in [-0.39, 0.29) is 12.0 Å². The smallest absolute Gasteiger partial charge is 0.273 e. The summed E-state index contributed by atoms with van der Waals surface area (Å²) in [6.45, 7) is 1.72. The number of hydrogen-bond acceptors (Lipinski definition) is 4. The first kappa shape index (κ1) is 16.9. The van der Waals surface area contributed by atoms with Crippen LogP contribution in [0.25, 0.3) is 0 Å². The second kappa shape index (κ2) is 7.81. The molecule has 3 aromatic rings. The highest BCUT2D eigenvalue weighted by Gasteiger charge is 2.27. The Morgan fingerprint density at radius 3 is 2.62 bits per heavy atom. The molecule has 4 rings (SSSR count). The van der Waals surface area contributed by atoms with Crippen LogP contribution in [-0.4, -0.2) is 35.5 Å². The normalized spacial score (nSPS) is 17.2. The number of ether oxygens (including phenoxy) is 1. The van der Waals surface area contributed by atoms with E-state index in [4.69, 9.17) is 4.74 Å². The van der Waals surface area contributed by atoms with Crippen LogP contribution < -0.4 is 0 Å². The van der Waals surface area contributed by atoms with Crippen molar-refractivity contribution < 1.29 is 9.53 Å². The van der Waals surface area contributed by atoms with Crippen molar-refractivity contribution >= 4 is 17.2 Å². The molecule has 1 unspecified atom stereocenters. The third-order valence-electron chi connectivity index (χ3n) is 4.49. The fourth-order valence-corrected chi connectivity index (χ4v) is 3.93. The molecule has 26 heavy (non-hydrogen) atoms. The minimum atomic E-state index is -0.0728. The highest BCUT2D eigenvalue weighted by Crippen LogP contribution is 2.24. The van der Waals surface area contributed by atoms with Gasteiger partial charge in [-0.3, -0.25) is 4.79 Å². The van der Waals surface area contributed by atoms with Gasteiger partial charge in [-0.1, -0.05) is 60.7 Å². The zero-order chi connectivity index (χ0) is 17.8. The molecule has 1 atom stereocenters. The van der Waals surface area contributed by atoms with Gasteiger partial charge in [0.15, 0.2) is 0 Å². The number of thiazole rings is 1. The molecule has 5 heteroatoms. The average molecular weight is 364 g/mol. The molecule has 1 aliphatic heterocycles. The molecule has 2 heterocycles. The maximum absolute atomic E-state index is 12.9. The van der Waals surface area contributed by atoms with E-state index in [2.05, 4.69) is 17.1 Å². The Morgan fingerprint density at radius 1 is 1.12 bits per heavy atom. The van der Waals surface area contributed by atoms with Crippen molar-refractivity contribution in [1.29, 1.82) is 0 Å². The topological polar surface area (TPSA) is 42.4 Å². The highest BCUT2D eigenvalue weighted by atomic mass is 32.1. The van der Waals surface area contributed by atoms with Crippen molar-refractivity contribution in [2.75, 3.05) is 19.7 Å². The lowest BCUT2D eigenvalue weighted by Gasteiger charge is -2.32. The molecule has 1 fully saturated rings. The molecule has 1 amide bonds. The largest absolute Gasteiger partial charge is 0.370 e. The van der Waals surface area contributed by atoms with Crippen molar-refractivity contribution in [3.05, 3.63) is 87.9 Å². The van der Waals surface area contributed by atoms with Crippen LogP contribution in [0, 0.1) is 0 Å². The molecular weight excluding hydrogens is 344 g/mol. The van der Waals surface area contributed by atoms with Crippen molar-refractivity contribution in [3.63, 3.8) is 0 Å². The molecule has 1 saturated heterocycles. The molecule has 0 aliphatic carbocycles. The Balaban J connectivity index is 1.44. The fraction of sp³-hybridized carbons (Fsp3) is 0.238. The second-order valence-electron chi connectivity index (χ2n) is 6.31. The lowest BCUT2D eigenvalue weighted by Crippen LogP contribution is -2.42. The van der Waals surface area contributed by atoms with Gasteiger partial charge in [0.05, 0.1) is 18.2 Å². The zero-order valence-electron chi connectivity index (χ0n) is 14.4. The molecule has 1 aromatic heterocycles. The molecule has 0 spiro atoms. The molecule has 0 saturated carbocycles. The summed E-state index contributed by atoms with van der Waals surface area (Å²) in [4.78, 5) is 19.3. The summed E-state index contributed by atoms with van der Waals surface area (Å²) >= 11 is 1.54. The number of nitrogens with zero attached hydrogens (tertiary/aromatic N) is 2. The van der Waals surface area contributed by atoms with E-state index in [1.165, 1.54) is 5.56 Å². The van der Waals surface area contributed by atoms with Crippen LogP contribution in [0.4, 0.5) is 0 Å². The standard InChI is InChI=1S/C21H20N2O2S/c24-21(18-15-26-20(22-18)13-16-7-3-1-4-8-16)23-11-12-25-19(14-23)17-9-5-2-6-10-17/h1-10,15,19H,11-14H2. The van der Waals surface area contributed by atoms with Gasteiger partial charge >= 0.3 is 0 Å². The molecule has 132 valence electrons. The lowest BCUT2D eigenvalue weighted by atomic mass is 10.1. The Bertz CT molecular complexity index is 864. The van der Waals surface area contributed by atoms with Crippen LogP contribution in [0.3, 0.4) is 0 Å². The van der Waals surface area contributed by atoms with Crippen molar-refractivity contribution in [1.82, 2.24) is 9.88 Å². The van der Waals surface area contributed by atoms with Crippen LogP contribution in [0.5, 0.6) is 0 Å². The lowest BCUT2D eigenvalue weighted by molar-refractivity contribution is -0.0229. The second-order valence-corrected chi connectivity index (χ2v) is 7.25. The van der Waals surface area contributed by atoms with Gasteiger partial charge in [-0.05, 0) is 11.1 Å². The van der Waals surface area contributed by atoms with Gasteiger partial charge in [0, 0.05) is 18.3 Å². The molecule has 0 N–H and O–H groups in total. The fourth-order valence-electron chi connectivity index (χ4n) is 3.13.